The monoisotopic (exact) mass is 979 g/mol. The summed E-state index contributed by atoms with van der Waals surface area (Å²) in [5, 5.41) is 99.0. The number of carboxylic acid groups (broad SMARTS) is 1. The zero-order valence-electron chi connectivity index (χ0n) is 41.7. The van der Waals surface area contributed by atoms with Crippen molar-refractivity contribution in [2.24, 2.45) is 50.2 Å². The molecular formula is C51H78O18. The maximum Gasteiger partial charge on any atom is 0.335 e. The van der Waals surface area contributed by atoms with Crippen LogP contribution in [0.1, 0.15) is 114 Å². The van der Waals surface area contributed by atoms with Crippen molar-refractivity contribution >= 4 is 17.9 Å². The first kappa shape index (κ1) is 53.9. The molecule has 69 heavy (non-hydrogen) atoms. The smallest absolute Gasteiger partial charge is 0.335 e. The minimum absolute atomic E-state index is 0.000464. The molecule has 0 unspecified atom stereocenters. The summed E-state index contributed by atoms with van der Waals surface area (Å²) in [6.45, 7) is 17.7. The van der Waals surface area contributed by atoms with Crippen LogP contribution in [-0.4, -0.2) is 163 Å². The van der Waals surface area contributed by atoms with Gasteiger partial charge in [0.15, 0.2) is 24.8 Å². The van der Waals surface area contributed by atoms with Crippen molar-refractivity contribution in [2.75, 3.05) is 19.8 Å². The summed E-state index contributed by atoms with van der Waals surface area (Å²) in [6, 6.07) is 0. The number of hydrogen-bond acceptors (Lipinski definition) is 17. The molecule has 0 amide bonds. The van der Waals surface area contributed by atoms with Crippen LogP contribution in [-0.2, 0) is 42.8 Å². The third-order valence-electron chi connectivity index (χ3n) is 19.3. The Labute approximate surface area is 404 Å². The second-order valence-electron chi connectivity index (χ2n) is 23.0. The van der Waals surface area contributed by atoms with E-state index in [2.05, 4.69) is 26.8 Å². The zero-order valence-corrected chi connectivity index (χ0v) is 41.7. The number of hydrogen-bond donors (Lipinski definition) is 9. The van der Waals surface area contributed by atoms with E-state index in [1.807, 2.05) is 20.8 Å². The normalized spacial score (nSPS) is 48.5. The molecule has 18 heteroatoms. The molecule has 390 valence electrons. The highest BCUT2D eigenvalue weighted by molar-refractivity contribution is 5.89. The van der Waals surface area contributed by atoms with Crippen molar-refractivity contribution < 1.29 is 88.8 Å². The lowest BCUT2D eigenvalue weighted by atomic mass is 9.33. The number of carboxylic acids is 1. The van der Waals surface area contributed by atoms with Crippen LogP contribution >= 0.6 is 0 Å². The Morgan fingerprint density at radius 2 is 1.36 bits per heavy atom. The van der Waals surface area contributed by atoms with Gasteiger partial charge >= 0.3 is 17.9 Å². The van der Waals surface area contributed by atoms with Gasteiger partial charge in [0.1, 0.15) is 42.7 Å². The van der Waals surface area contributed by atoms with Crippen LogP contribution < -0.4 is 0 Å². The van der Waals surface area contributed by atoms with Crippen LogP contribution in [0.2, 0.25) is 0 Å². The Kier molecular flexibility index (Phi) is 15.0. The first-order chi connectivity index (χ1) is 32.2. The van der Waals surface area contributed by atoms with Crippen LogP contribution in [0.15, 0.2) is 34.9 Å². The molecule has 6 fully saturated rings. The maximum absolute atomic E-state index is 13.7. The second-order valence-corrected chi connectivity index (χ2v) is 23.0. The van der Waals surface area contributed by atoms with Gasteiger partial charge in [-0.1, -0.05) is 65.3 Å². The molecule has 2 aliphatic heterocycles. The fourth-order valence-corrected chi connectivity index (χ4v) is 14.7. The van der Waals surface area contributed by atoms with Crippen LogP contribution in [0.3, 0.4) is 0 Å². The lowest BCUT2D eigenvalue weighted by molar-refractivity contribution is -0.353. The largest absolute Gasteiger partial charge is 0.479 e. The molecule has 0 aromatic rings. The van der Waals surface area contributed by atoms with Crippen molar-refractivity contribution in [1.82, 2.24) is 0 Å². The first-order valence-electron chi connectivity index (χ1n) is 24.7. The molecule has 5 aliphatic carbocycles. The summed E-state index contributed by atoms with van der Waals surface area (Å²) < 4.78 is 36.5. The number of esters is 2. The van der Waals surface area contributed by atoms with Crippen LogP contribution in [0.5, 0.6) is 0 Å². The quantitative estimate of drug-likeness (QED) is 0.0588. The average Bonchev–Trinajstić information content (AvgIpc) is 3.57. The number of aliphatic hydroxyl groups is 8. The van der Waals surface area contributed by atoms with Crippen LogP contribution in [0.4, 0.5) is 0 Å². The third kappa shape index (κ3) is 8.28. The van der Waals surface area contributed by atoms with Crippen molar-refractivity contribution in [3.05, 3.63) is 34.9 Å². The minimum Gasteiger partial charge on any atom is -0.479 e. The van der Waals surface area contributed by atoms with E-state index in [0.29, 0.717) is 49.7 Å². The number of fused-ring (bicyclic) bond motifs is 7. The Morgan fingerprint density at radius 3 is 1.91 bits per heavy atom. The Balaban J connectivity index is 1.22. The number of carbonyl (C=O) groups excluding carboxylic acids is 2. The van der Waals surface area contributed by atoms with E-state index in [1.54, 1.807) is 39.8 Å². The highest BCUT2D eigenvalue weighted by atomic mass is 16.8. The molecule has 0 bridgehead atoms. The number of rotatable bonds is 12. The zero-order chi connectivity index (χ0) is 51.1. The molecule has 2 saturated heterocycles. The lowest BCUT2D eigenvalue weighted by Gasteiger charge is -2.72. The Bertz CT molecular complexity index is 2050. The van der Waals surface area contributed by atoms with E-state index in [1.165, 1.54) is 0 Å². The molecular weight excluding hydrogens is 901 g/mol. The summed E-state index contributed by atoms with van der Waals surface area (Å²) in [4.78, 5) is 39.5. The van der Waals surface area contributed by atoms with Gasteiger partial charge in [-0.2, -0.15) is 0 Å². The predicted molar refractivity (Wildman–Crippen MR) is 244 cm³/mol. The molecule has 18 nitrogen and oxygen atoms in total. The van der Waals surface area contributed by atoms with Gasteiger partial charge in [-0.3, -0.25) is 0 Å². The van der Waals surface area contributed by atoms with Gasteiger partial charge in [0.25, 0.3) is 0 Å². The predicted octanol–water partition coefficient (Wildman–Crippen LogP) is 2.44. The lowest BCUT2D eigenvalue weighted by Crippen LogP contribution is -2.72. The van der Waals surface area contributed by atoms with Gasteiger partial charge in [-0.25, -0.2) is 14.4 Å². The number of carbonyl (C=O) groups is 3. The summed E-state index contributed by atoms with van der Waals surface area (Å²) in [7, 11) is 0. The van der Waals surface area contributed by atoms with E-state index in [9.17, 15) is 60.3 Å². The molecule has 0 radical (unpaired) electrons. The van der Waals surface area contributed by atoms with Crippen molar-refractivity contribution in [1.29, 1.82) is 0 Å². The van der Waals surface area contributed by atoms with E-state index < -0.39 is 149 Å². The Hall–Kier alpha value is -2.85. The minimum atomic E-state index is -1.99. The SMILES string of the molecule is C/C=C(/C)C(=O)O[C@H]1[C@H](OC(=O)/C(C)=C\C)[C@]2(CO)[C@H](O)C[C@]3(C)C(=CC[C@@H]4[C@@]5(C)CC[C@H](O[C@@H]6O[C@H](C(=O)O)[C@@H](O)[C@H](O)[C@H]6O[C@@H]6O[C@@H](CO)[C@H](O)[C@H]6O)[C@](C)(CO)[C@@H]5CC[C@]43C)[C@@H]2CC1(C)C. The van der Waals surface area contributed by atoms with E-state index in [0.717, 1.165) is 5.57 Å². The Morgan fingerprint density at radius 1 is 0.739 bits per heavy atom. The molecule has 0 spiro atoms. The van der Waals surface area contributed by atoms with Gasteiger partial charge in [0.2, 0.25) is 0 Å². The van der Waals surface area contributed by atoms with Gasteiger partial charge in [-0.15, -0.1) is 0 Å². The number of ether oxygens (including phenoxy) is 6. The van der Waals surface area contributed by atoms with Gasteiger partial charge < -0.3 is 74.4 Å². The summed E-state index contributed by atoms with van der Waals surface area (Å²) in [5.41, 5.74) is -2.96. The topological polar surface area (TPSA) is 289 Å². The van der Waals surface area contributed by atoms with Gasteiger partial charge in [0, 0.05) is 22.0 Å². The van der Waals surface area contributed by atoms with Crippen molar-refractivity contribution in [3.63, 3.8) is 0 Å². The third-order valence-corrected chi connectivity index (χ3v) is 19.3. The molecule has 2 heterocycles. The highest BCUT2D eigenvalue weighted by Crippen LogP contribution is 2.76. The maximum atomic E-state index is 13.7. The first-order valence-corrected chi connectivity index (χ1v) is 24.7. The number of aliphatic carboxylic acids is 1. The summed E-state index contributed by atoms with van der Waals surface area (Å²) in [6.07, 6.45) is -10.5. The van der Waals surface area contributed by atoms with Crippen molar-refractivity contribution in [2.45, 2.75) is 194 Å². The fourth-order valence-electron chi connectivity index (χ4n) is 14.7. The van der Waals surface area contributed by atoms with Crippen LogP contribution in [0.25, 0.3) is 0 Å². The van der Waals surface area contributed by atoms with Gasteiger partial charge in [0.05, 0.1) is 37.4 Å². The van der Waals surface area contributed by atoms with Gasteiger partial charge in [-0.05, 0) is 107 Å². The highest BCUT2D eigenvalue weighted by Gasteiger charge is 2.74. The number of allylic oxidation sites excluding steroid dienone is 4. The molecule has 21 atom stereocenters. The van der Waals surface area contributed by atoms with E-state index in [4.69, 9.17) is 28.4 Å². The average molecular weight is 979 g/mol. The standard InChI is InChI=1S/C51H78O18/c1-11-24(3)42(62)68-39-40(69-43(63)25(4)12-2)51(23-54)27(19-46(39,5)6)26-13-14-30-47(7)17-16-32(48(8,22-53)29(47)15-18-49(30,9)50(26,10)20-31(51)55)65-45-38(35(58)34(57)37(66-45)41(60)61)67-44-36(59)33(56)28(21-52)64-44/h11-13,27-40,44-45,52-59H,14-23H2,1-10H3,(H,60,61)/b24-11-,25-12-/t27-,28-,29+,30+,31+,32-,33-,34-,35-,36+,37-,38+,39-,40-,44-,45+,47-,48+,49+,50+,51-/m0/s1. The van der Waals surface area contributed by atoms with E-state index >= 15 is 0 Å². The second kappa shape index (κ2) is 19.2. The van der Waals surface area contributed by atoms with Crippen molar-refractivity contribution in [3.8, 4) is 0 Å². The molecule has 9 N–H and O–H groups in total. The number of aliphatic hydroxyl groups excluding tert-OH is 8. The molecule has 7 rings (SSSR count). The molecule has 7 aliphatic rings. The summed E-state index contributed by atoms with van der Waals surface area (Å²) in [5.74, 6) is -3.45. The molecule has 4 saturated carbocycles. The summed E-state index contributed by atoms with van der Waals surface area (Å²) >= 11 is 0. The molecule has 0 aromatic carbocycles. The van der Waals surface area contributed by atoms with Crippen LogP contribution in [0, 0.1) is 50.2 Å². The fraction of sp³-hybridized carbons (Fsp3) is 0.824. The van der Waals surface area contributed by atoms with E-state index in [-0.39, 0.29) is 24.9 Å². The molecule has 0 aromatic heterocycles.